The maximum atomic E-state index is 5.73. The molecule has 1 atom stereocenters. The molecule has 0 spiro atoms. The van der Waals surface area contributed by atoms with Crippen molar-refractivity contribution < 1.29 is 4.74 Å². The summed E-state index contributed by atoms with van der Waals surface area (Å²) in [5.74, 6) is 0.944. The van der Waals surface area contributed by atoms with Crippen molar-refractivity contribution >= 4 is 0 Å². The molecule has 2 aromatic carbocycles. The predicted molar refractivity (Wildman–Crippen MR) is 88.7 cm³/mol. The second-order valence-electron chi connectivity index (χ2n) is 5.79. The maximum absolute atomic E-state index is 5.73. The van der Waals surface area contributed by atoms with E-state index >= 15 is 0 Å². The molecule has 112 valence electrons. The van der Waals surface area contributed by atoms with Gasteiger partial charge >= 0.3 is 0 Å². The molecule has 0 heterocycles. The highest BCUT2D eigenvalue weighted by atomic mass is 16.5. The van der Waals surface area contributed by atoms with Crippen LogP contribution in [0.5, 0.6) is 5.75 Å². The van der Waals surface area contributed by atoms with E-state index in [1.165, 1.54) is 11.1 Å². The number of benzene rings is 2. The fraction of sp³-hybridized carbons (Fsp3) is 0.368. The van der Waals surface area contributed by atoms with E-state index in [-0.39, 0.29) is 6.10 Å². The van der Waals surface area contributed by atoms with Crippen LogP contribution < -0.4 is 10.1 Å². The normalized spacial score (nSPS) is 12.4. The van der Waals surface area contributed by atoms with Crippen molar-refractivity contribution in [2.45, 2.75) is 45.9 Å². The van der Waals surface area contributed by atoms with Gasteiger partial charge in [-0.1, -0.05) is 42.5 Å². The molecule has 0 amide bonds. The number of rotatable bonds is 7. The first-order chi connectivity index (χ1) is 10.1. The van der Waals surface area contributed by atoms with Crippen LogP contribution >= 0.6 is 0 Å². The first-order valence-electron chi connectivity index (χ1n) is 7.66. The fourth-order valence-electron chi connectivity index (χ4n) is 2.33. The number of nitrogens with one attached hydrogen (secondary N) is 1. The van der Waals surface area contributed by atoms with Crippen LogP contribution in [0.1, 0.15) is 31.9 Å². The van der Waals surface area contributed by atoms with E-state index in [1.54, 1.807) is 0 Å². The van der Waals surface area contributed by atoms with Crippen LogP contribution in [0.4, 0.5) is 0 Å². The molecule has 2 rings (SSSR count). The SMILES string of the molecule is CC(Cc1ccccc1)NCc1cccc(OC(C)C)c1. The van der Waals surface area contributed by atoms with E-state index in [0.717, 1.165) is 18.7 Å². The number of hydrogen-bond donors (Lipinski definition) is 1. The molecule has 1 N–H and O–H groups in total. The minimum Gasteiger partial charge on any atom is -0.491 e. The topological polar surface area (TPSA) is 21.3 Å². The van der Waals surface area contributed by atoms with Crippen molar-refractivity contribution in [3.8, 4) is 5.75 Å². The molecule has 0 aromatic heterocycles. The van der Waals surface area contributed by atoms with Crippen molar-refractivity contribution in [1.82, 2.24) is 5.32 Å². The van der Waals surface area contributed by atoms with Crippen LogP contribution in [0.15, 0.2) is 54.6 Å². The summed E-state index contributed by atoms with van der Waals surface area (Å²) < 4.78 is 5.73. The Morgan fingerprint density at radius 2 is 1.62 bits per heavy atom. The van der Waals surface area contributed by atoms with Gasteiger partial charge in [0.15, 0.2) is 0 Å². The van der Waals surface area contributed by atoms with Gasteiger partial charge in [-0.15, -0.1) is 0 Å². The van der Waals surface area contributed by atoms with E-state index in [0.29, 0.717) is 6.04 Å². The summed E-state index contributed by atoms with van der Waals surface area (Å²) in [5.41, 5.74) is 2.63. The lowest BCUT2D eigenvalue weighted by Gasteiger charge is -2.15. The Hall–Kier alpha value is -1.80. The summed E-state index contributed by atoms with van der Waals surface area (Å²) in [6.45, 7) is 7.18. The quantitative estimate of drug-likeness (QED) is 0.822. The zero-order valence-electron chi connectivity index (χ0n) is 13.2. The Bertz CT molecular complexity index is 536. The van der Waals surface area contributed by atoms with E-state index in [4.69, 9.17) is 4.74 Å². The lowest BCUT2D eigenvalue weighted by atomic mass is 10.1. The molecule has 2 aromatic rings. The third-order valence-electron chi connectivity index (χ3n) is 3.31. The first kappa shape index (κ1) is 15.6. The van der Waals surface area contributed by atoms with E-state index in [2.05, 4.69) is 60.8 Å². The zero-order chi connectivity index (χ0) is 15.1. The average molecular weight is 283 g/mol. The van der Waals surface area contributed by atoms with Gasteiger partial charge in [-0.05, 0) is 50.5 Å². The molecule has 0 bridgehead atoms. The smallest absolute Gasteiger partial charge is 0.120 e. The second-order valence-corrected chi connectivity index (χ2v) is 5.79. The zero-order valence-corrected chi connectivity index (χ0v) is 13.2. The largest absolute Gasteiger partial charge is 0.491 e. The summed E-state index contributed by atoms with van der Waals surface area (Å²) in [7, 11) is 0. The van der Waals surface area contributed by atoms with Gasteiger partial charge in [0.1, 0.15) is 5.75 Å². The van der Waals surface area contributed by atoms with Gasteiger partial charge in [0, 0.05) is 12.6 Å². The highest BCUT2D eigenvalue weighted by Crippen LogP contribution is 2.15. The third kappa shape index (κ3) is 5.60. The minimum absolute atomic E-state index is 0.213. The lowest BCUT2D eigenvalue weighted by Crippen LogP contribution is -2.27. The number of hydrogen-bond acceptors (Lipinski definition) is 2. The molecular formula is C19H25NO. The van der Waals surface area contributed by atoms with Gasteiger partial charge in [0.2, 0.25) is 0 Å². The number of ether oxygens (including phenoxy) is 1. The van der Waals surface area contributed by atoms with Crippen LogP contribution in [0.2, 0.25) is 0 Å². The van der Waals surface area contributed by atoms with Crippen molar-refractivity contribution in [1.29, 1.82) is 0 Å². The Labute approximate surface area is 128 Å². The lowest BCUT2D eigenvalue weighted by molar-refractivity contribution is 0.242. The van der Waals surface area contributed by atoms with Gasteiger partial charge in [-0.2, -0.15) is 0 Å². The molecule has 0 saturated carbocycles. The third-order valence-corrected chi connectivity index (χ3v) is 3.31. The Morgan fingerprint density at radius 1 is 0.905 bits per heavy atom. The highest BCUT2D eigenvalue weighted by molar-refractivity contribution is 5.28. The van der Waals surface area contributed by atoms with Gasteiger partial charge in [-0.3, -0.25) is 0 Å². The molecule has 1 unspecified atom stereocenters. The molecule has 0 aliphatic rings. The summed E-state index contributed by atoms with van der Waals surface area (Å²) in [6, 6.07) is 19.4. The van der Waals surface area contributed by atoms with Gasteiger partial charge < -0.3 is 10.1 Å². The van der Waals surface area contributed by atoms with Crippen molar-refractivity contribution in [3.63, 3.8) is 0 Å². The molecule has 0 saturated heterocycles. The molecule has 2 nitrogen and oxygen atoms in total. The molecule has 21 heavy (non-hydrogen) atoms. The summed E-state index contributed by atoms with van der Waals surface area (Å²) >= 11 is 0. The van der Waals surface area contributed by atoms with Crippen LogP contribution in [-0.4, -0.2) is 12.1 Å². The molecule has 2 heteroatoms. The monoisotopic (exact) mass is 283 g/mol. The molecule has 0 aliphatic heterocycles. The van der Waals surface area contributed by atoms with Crippen LogP contribution in [0, 0.1) is 0 Å². The van der Waals surface area contributed by atoms with Gasteiger partial charge in [0.25, 0.3) is 0 Å². The molecular weight excluding hydrogens is 258 g/mol. The van der Waals surface area contributed by atoms with Crippen LogP contribution in [0.25, 0.3) is 0 Å². The molecule has 0 radical (unpaired) electrons. The van der Waals surface area contributed by atoms with E-state index in [9.17, 15) is 0 Å². The Balaban J connectivity index is 1.85. The van der Waals surface area contributed by atoms with Crippen LogP contribution in [-0.2, 0) is 13.0 Å². The van der Waals surface area contributed by atoms with Gasteiger partial charge in [-0.25, -0.2) is 0 Å². The standard InChI is InChI=1S/C19H25NO/c1-15(2)21-19-11-7-10-18(13-19)14-20-16(3)12-17-8-5-4-6-9-17/h4-11,13,15-16,20H,12,14H2,1-3H3. The second kappa shape index (κ2) is 7.84. The highest BCUT2D eigenvalue weighted by Gasteiger charge is 2.04. The maximum Gasteiger partial charge on any atom is 0.120 e. The molecule has 0 aliphatic carbocycles. The summed E-state index contributed by atoms with van der Waals surface area (Å²) in [4.78, 5) is 0. The van der Waals surface area contributed by atoms with E-state index in [1.807, 2.05) is 19.9 Å². The van der Waals surface area contributed by atoms with Gasteiger partial charge in [0.05, 0.1) is 6.10 Å². The molecule has 0 fully saturated rings. The van der Waals surface area contributed by atoms with Crippen molar-refractivity contribution in [3.05, 3.63) is 65.7 Å². The Morgan fingerprint density at radius 3 is 2.33 bits per heavy atom. The van der Waals surface area contributed by atoms with Crippen LogP contribution in [0.3, 0.4) is 0 Å². The van der Waals surface area contributed by atoms with Crippen molar-refractivity contribution in [2.75, 3.05) is 0 Å². The van der Waals surface area contributed by atoms with Crippen molar-refractivity contribution in [2.24, 2.45) is 0 Å². The first-order valence-corrected chi connectivity index (χ1v) is 7.66. The predicted octanol–water partition coefficient (Wildman–Crippen LogP) is 4.19. The average Bonchev–Trinajstić information content (AvgIpc) is 2.46. The fourth-order valence-corrected chi connectivity index (χ4v) is 2.33. The Kier molecular flexibility index (Phi) is 5.82. The summed E-state index contributed by atoms with van der Waals surface area (Å²) in [6.07, 6.45) is 1.26. The van der Waals surface area contributed by atoms with E-state index < -0.39 is 0 Å². The minimum atomic E-state index is 0.213. The summed E-state index contributed by atoms with van der Waals surface area (Å²) in [5, 5.41) is 3.57.